The van der Waals surface area contributed by atoms with Gasteiger partial charge in [0.2, 0.25) is 0 Å². The Morgan fingerprint density at radius 2 is 2.16 bits per heavy atom. The van der Waals surface area contributed by atoms with E-state index in [4.69, 9.17) is 0 Å². The summed E-state index contributed by atoms with van der Waals surface area (Å²) in [7, 11) is 0. The summed E-state index contributed by atoms with van der Waals surface area (Å²) in [5.41, 5.74) is 0.474. The molecule has 2 N–H and O–H groups in total. The first-order valence-corrected chi connectivity index (χ1v) is 7.41. The first kappa shape index (κ1) is 14.1. The molecule has 0 amide bonds. The summed E-state index contributed by atoms with van der Waals surface area (Å²) in [4.78, 5) is 29.7. The Balaban J connectivity index is 2.18. The number of thioether (sulfide) groups is 1. The molecule has 1 aliphatic carbocycles. The van der Waals surface area contributed by atoms with E-state index in [2.05, 4.69) is 9.97 Å². The standard InChI is InChI=1S/C13H18N2O3S/c1-8-7-11(16)15-13(14-8)19-10-6-4-2-3-5-9(10)12(17)18/h7,9-10H,2-6H2,1H3,(H,17,18)(H,14,15,16). The number of carbonyl (C=O) groups is 1. The van der Waals surface area contributed by atoms with Crippen LogP contribution in [0.15, 0.2) is 16.0 Å². The van der Waals surface area contributed by atoms with Crippen molar-refractivity contribution in [2.75, 3.05) is 0 Å². The van der Waals surface area contributed by atoms with Crippen LogP contribution in [0.25, 0.3) is 0 Å². The van der Waals surface area contributed by atoms with Crippen molar-refractivity contribution in [1.29, 1.82) is 0 Å². The maximum atomic E-state index is 11.4. The molecule has 0 radical (unpaired) electrons. The molecular formula is C13H18N2O3S. The zero-order valence-electron chi connectivity index (χ0n) is 10.9. The van der Waals surface area contributed by atoms with E-state index in [1.54, 1.807) is 6.92 Å². The van der Waals surface area contributed by atoms with Crippen molar-refractivity contribution in [1.82, 2.24) is 9.97 Å². The van der Waals surface area contributed by atoms with E-state index in [1.165, 1.54) is 17.8 Å². The molecule has 104 valence electrons. The van der Waals surface area contributed by atoms with Gasteiger partial charge in [0.15, 0.2) is 5.16 Å². The molecular weight excluding hydrogens is 264 g/mol. The smallest absolute Gasteiger partial charge is 0.307 e. The van der Waals surface area contributed by atoms with Crippen molar-refractivity contribution in [3.8, 4) is 0 Å². The van der Waals surface area contributed by atoms with Crippen molar-refractivity contribution in [3.63, 3.8) is 0 Å². The number of carboxylic acid groups (broad SMARTS) is 1. The minimum atomic E-state index is -0.741. The highest BCUT2D eigenvalue weighted by Crippen LogP contribution is 2.35. The number of hydrogen-bond acceptors (Lipinski definition) is 4. The summed E-state index contributed by atoms with van der Waals surface area (Å²) in [5, 5.41) is 9.84. The van der Waals surface area contributed by atoms with Crippen LogP contribution in [-0.2, 0) is 4.79 Å². The molecule has 5 nitrogen and oxygen atoms in total. The zero-order valence-corrected chi connectivity index (χ0v) is 11.7. The van der Waals surface area contributed by atoms with E-state index in [0.717, 1.165) is 25.7 Å². The van der Waals surface area contributed by atoms with Crippen molar-refractivity contribution in [2.45, 2.75) is 49.4 Å². The lowest BCUT2D eigenvalue weighted by atomic mass is 10.0. The fourth-order valence-corrected chi connectivity index (χ4v) is 3.79. The SMILES string of the molecule is Cc1cc(=O)[nH]c(SC2CCCCCC2C(=O)O)n1. The van der Waals surface area contributed by atoms with E-state index < -0.39 is 5.97 Å². The Kier molecular flexibility index (Phi) is 4.63. The Morgan fingerprint density at radius 3 is 2.84 bits per heavy atom. The largest absolute Gasteiger partial charge is 0.481 e. The Hall–Kier alpha value is -1.30. The summed E-state index contributed by atoms with van der Waals surface area (Å²) in [6.45, 7) is 1.76. The number of nitrogens with one attached hydrogen (secondary N) is 1. The molecule has 1 aliphatic rings. The van der Waals surface area contributed by atoms with Gasteiger partial charge in [-0.1, -0.05) is 31.0 Å². The zero-order chi connectivity index (χ0) is 13.8. The van der Waals surface area contributed by atoms with Crippen LogP contribution in [0.5, 0.6) is 0 Å². The minimum Gasteiger partial charge on any atom is -0.481 e. The van der Waals surface area contributed by atoms with E-state index in [-0.39, 0.29) is 16.7 Å². The second kappa shape index (κ2) is 6.23. The highest BCUT2D eigenvalue weighted by atomic mass is 32.2. The topological polar surface area (TPSA) is 83.0 Å². The number of aromatic amines is 1. The van der Waals surface area contributed by atoms with Gasteiger partial charge in [-0.25, -0.2) is 4.98 Å². The first-order valence-electron chi connectivity index (χ1n) is 6.53. The monoisotopic (exact) mass is 282 g/mol. The third-order valence-corrected chi connectivity index (χ3v) is 4.66. The number of aromatic nitrogens is 2. The lowest BCUT2D eigenvalue weighted by molar-refractivity contribution is -0.141. The van der Waals surface area contributed by atoms with Crippen LogP contribution in [0, 0.1) is 12.8 Å². The van der Waals surface area contributed by atoms with E-state index in [0.29, 0.717) is 17.3 Å². The lowest BCUT2D eigenvalue weighted by Crippen LogP contribution is -2.25. The van der Waals surface area contributed by atoms with Crippen molar-refractivity contribution >= 4 is 17.7 Å². The molecule has 1 heterocycles. The highest BCUT2D eigenvalue weighted by molar-refractivity contribution is 7.99. The minimum absolute atomic E-state index is 0.00931. The molecule has 0 saturated heterocycles. The van der Waals surface area contributed by atoms with E-state index in [9.17, 15) is 14.7 Å². The first-order chi connectivity index (χ1) is 9.06. The Morgan fingerprint density at radius 1 is 1.42 bits per heavy atom. The quantitative estimate of drug-likeness (QED) is 0.656. The fraction of sp³-hybridized carbons (Fsp3) is 0.615. The average molecular weight is 282 g/mol. The molecule has 0 aliphatic heterocycles. The molecule has 2 rings (SSSR count). The predicted octanol–water partition coefficient (Wildman–Crippen LogP) is 2.20. The molecule has 6 heteroatoms. The molecule has 1 fully saturated rings. The second-order valence-electron chi connectivity index (χ2n) is 4.93. The van der Waals surface area contributed by atoms with Gasteiger partial charge in [0.1, 0.15) is 0 Å². The van der Waals surface area contributed by atoms with Crippen LogP contribution in [0.3, 0.4) is 0 Å². The second-order valence-corrected chi connectivity index (χ2v) is 6.16. The molecule has 1 saturated carbocycles. The Bertz CT molecular complexity index is 515. The number of aryl methyl sites for hydroxylation is 1. The van der Waals surface area contributed by atoms with Crippen LogP contribution in [0.1, 0.15) is 37.8 Å². The molecule has 0 spiro atoms. The number of rotatable bonds is 3. The van der Waals surface area contributed by atoms with E-state index in [1.807, 2.05) is 0 Å². The number of H-pyrrole nitrogens is 1. The summed E-state index contributed by atoms with van der Waals surface area (Å²) in [6.07, 6.45) is 4.66. The van der Waals surface area contributed by atoms with Gasteiger partial charge in [-0.05, 0) is 19.8 Å². The predicted molar refractivity (Wildman–Crippen MR) is 73.5 cm³/mol. The van der Waals surface area contributed by atoms with E-state index >= 15 is 0 Å². The third kappa shape index (κ3) is 3.83. The molecule has 2 unspecified atom stereocenters. The molecule has 2 atom stereocenters. The highest BCUT2D eigenvalue weighted by Gasteiger charge is 2.30. The molecule has 1 aromatic rings. The normalized spacial score (nSPS) is 23.8. The van der Waals surface area contributed by atoms with Gasteiger partial charge >= 0.3 is 5.97 Å². The van der Waals surface area contributed by atoms with Crippen LogP contribution < -0.4 is 5.56 Å². The summed E-state index contributed by atoms with van der Waals surface area (Å²) < 4.78 is 0. The number of aliphatic carboxylic acids is 1. The van der Waals surface area contributed by atoms with Crippen molar-refractivity contribution < 1.29 is 9.90 Å². The van der Waals surface area contributed by atoms with Gasteiger partial charge in [0.25, 0.3) is 5.56 Å². The Labute approximate surface area is 115 Å². The summed E-state index contributed by atoms with van der Waals surface area (Å²) in [5.74, 6) is -1.09. The van der Waals surface area contributed by atoms with Gasteiger partial charge in [0, 0.05) is 17.0 Å². The van der Waals surface area contributed by atoms with Gasteiger partial charge in [0.05, 0.1) is 5.92 Å². The summed E-state index contributed by atoms with van der Waals surface area (Å²) in [6, 6.07) is 1.44. The number of hydrogen-bond donors (Lipinski definition) is 2. The molecule has 19 heavy (non-hydrogen) atoms. The molecule has 1 aromatic heterocycles. The third-order valence-electron chi connectivity index (χ3n) is 3.38. The van der Waals surface area contributed by atoms with Gasteiger partial charge < -0.3 is 10.1 Å². The summed E-state index contributed by atoms with van der Waals surface area (Å²) >= 11 is 1.40. The maximum Gasteiger partial charge on any atom is 0.307 e. The molecule has 0 aromatic carbocycles. The van der Waals surface area contributed by atoms with Crippen molar-refractivity contribution in [3.05, 3.63) is 22.1 Å². The van der Waals surface area contributed by atoms with Gasteiger partial charge in [-0.15, -0.1) is 0 Å². The van der Waals surface area contributed by atoms with Crippen LogP contribution in [0.4, 0.5) is 0 Å². The van der Waals surface area contributed by atoms with Crippen LogP contribution in [0.2, 0.25) is 0 Å². The van der Waals surface area contributed by atoms with Crippen LogP contribution >= 0.6 is 11.8 Å². The van der Waals surface area contributed by atoms with Crippen molar-refractivity contribution in [2.24, 2.45) is 5.92 Å². The van der Waals surface area contributed by atoms with Crippen LogP contribution in [-0.4, -0.2) is 26.3 Å². The van der Waals surface area contributed by atoms with Gasteiger partial charge in [-0.2, -0.15) is 0 Å². The number of nitrogens with zero attached hydrogens (tertiary/aromatic N) is 1. The lowest BCUT2D eigenvalue weighted by Gasteiger charge is -2.20. The average Bonchev–Trinajstić information content (AvgIpc) is 2.53. The van der Waals surface area contributed by atoms with Gasteiger partial charge in [-0.3, -0.25) is 9.59 Å². The molecule has 0 bridgehead atoms. The number of carboxylic acids is 1. The fourth-order valence-electron chi connectivity index (χ4n) is 2.45. The maximum absolute atomic E-state index is 11.4.